The number of rotatable bonds is 6. The Kier molecular flexibility index (Phi) is 5.96. The third kappa shape index (κ3) is 4.66. The fourth-order valence-corrected chi connectivity index (χ4v) is 2.52. The van der Waals surface area contributed by atoms with Crippen molar-refractivity contribution in [2.75, 3.05) is 39.9 Å². The van der Waals surface area contributed by atoms with E-state index in [0.717, 1.165) is 26.2 Å². The first-order chi connectivity index (χ1) is 10.1. The Morgan fingerprint density at radius 3 is 3.00 bits per heavy atom. The van der Waals surface area contributed by atoms with Gasteiger partial charge in [0.15, 0.2) is 0 Å². The van der Waals surface area contributed by atoms with E-state index in [2.05, 4.69) is 17.3 Å². The van der Waals surface area contributed by atoms with Crippen LogP contribution in [0.1, 0.15) is 25.5 Å². The van der Waals surface area contributed by atoms with E-state index in [1.165, 1.54) is 6.07 Å². The van der Waals surface area contributed by atoms with Gasteiger partial charge in [-0.2, -0.15) is 0 Å². The van der Waals surface area contributed by atoms with Crippen LogP contribution in [0.15, 0.2) is 18.2 Å². The molecule has 0 radical (unpaired) electrons. The molecule has 1 heterocycles. The predicted molar refractivity (Wildman–Crippen MR) is 81.2 cm³/mol. The predicted octanol–water partition coefficient (Wildman–Crippen LogP) is 2.21. The quantitative estimate of drug-likeness (QED) is 0.872. The first kappa shape index (κ1) is 16.2. The van der Waals surface area contributed by atoms with Crippen molar-refractivity contribution < 1.29 is 13.9 Å². The zero-order valence-corrected chi connectivity index (χ0v) is 13.1. The second kappa shape index (κ2) is 7.73. The summed E-state index contributed by atoms with van der Waals surface area (Å²) in [7, 11) is 2.06. The van der Waals surface area contributed by atoms with E-state index in [0.29, 0.717) is 17.9 Å². The fourth-order valence-electron chi connectivity index (χ4n) is 2.52. The molecule has 1 fully saturated rings. The van der Waals surface area contributed by atoms with Gasteiger partial charge in [0.1, 0.15) is 24.3 Å². The fraction of sp³-hybridized carbons (Fsp3) is 0.625. The smallest absolute Gasteiger partial charge is 0.131 e. The van der Waals surface area contributed by atoms with Gasteiger partial charge in [-0.25, -0.2) is 4.39 Å². The van der Waals surface area contributed by atoms with Crippen molar-refractivity contribution in [3.8, 4) is 5.75 Å². The maximum absolute atomic E-state index is 14.1. The topological polar surface area (TPSA) is 33.7 Å². The van der Waals surface area contributed by atoms with Crippen LogP contribution >= 0.6 is 0 Å². The van der Waals surface area contributed by atoms with Gasteiger partial charge in [-0.05, 0) is 26.6 Å². The third-order valence-electron chi connectivity index (χ3n) is 3.73. The Bertz CT molecular complexity index is 456. The van der Waals surface area contributed by atoms with Crippen LogP contribution in [0.25, 0.3) is 0 Å². The van der Waals surface area contributed by atoms with Gasteiger partial charge < -0.3 is 19.7 Å². The normalized spacial score (nSPS) is 21.2. The Hall–Kier alpha value is -1.17. The van der Waals surface area contributed by atoms with E-state index in [-0.39, 0.29) is 18.0 Å². The van der Waals surface area contributed by atoms with E-state index in [1.807, 2.05) is 19.9 Å². The highest BCUT2D eigenvalue weighted by atomic mass is 19.1. The molecule has 1 N–H and O–H groups in total. The molecule has 1 aromatic rings. The summed E-state index contributed by atoms with van der Waals surface area (Å²) >= 11 is 0. The molecule has 2 rings (SSSR count). The zero-order chi connectivity index (χ0) is 15.2. The molecule has 4 nitrogen and oxygen atoms in total. The van der Waals surface area contributed by atoms with Crippen molar-refractivity contribution in [1.29, 1.82) is 0 Å². The summed E-state index contributed by atoms with van der Waals surface area (Å²) in [6.45, 7) is 7.73. The lowest BCUT2D eigenvalue weighted by molar-refractivity contribution is -0.0403. The van der Waals surface area contributed by atoms with Gasteiger partial charge in [0.2, 0.25) is 0 Å². The van der Waals surface area contributed by atoms with Crippen molar-refractivity contribution in [2.24, 2.45) is 0 Å². The van der Waals surface area contributed by atoms with Gasteiger partial charge in [-0.3, -0.25) is 0 Å². The zero-order valence-electron chi connectivity index (χ0n) is 13.1. The molecule has 0 bridgehead atoms. The number of morpholine rings is 1. The molecule has 0 aliphatic carbocycles. The van der Waals surface area contributed by atoms with Gasteiger partial charge >= 0.3 is 0 Å². The molecule has 0 amide bonds. The first-order valence-electron chi connectivity index (χ1n) is 7.56. The van der Waals surface area contributed by atoms with Crippen LogP contribution < -0.4 is 10.1 Å². The highest BCUT2D eigenvalue weighted by molar-refractivity contribution is 5.30. The summed E-state index contributed by atoms with van der Waals surface area (Å²) in [4.78, 5) is 2.21. The van der Waals surface area contributed by atoms with Crippen molar-refractivity contribution in [3.63, 3.8) is 0 Å². The van der Waals surface area contributed by atoms with Crippen molar-refractivity contribution >= 4 is 0 Å². The van der Waals surface area contributed by atoms with Crippen LogP contribution in [0, 0.1) is 5.82 Å². The molecule has 0 spiro atoms. The van der Waals surface area contributed by atoms with Crippen LogP contribution in [0.3, 0.4) is 0 Å². The van der Waals surface area contributed by atoms with Gasteiger partial charge in [0.05, 0.1) is 6.61 Å². The van der Waals surface area contributed by atoms with E-state index in [1.54, 1.807) is 6.07 Å². The van der Waals surface area contributed by atoms with Gasteiger partial charge in [-0.15, -0.1) is 0 Å². The number of halogens is 1. The van der Waals surface area contributed by atoms with E-state index >= 15 is 0 Å². The minimum absolute atomic E-state index is 0.000576. The van der Waals surface area contributed by atoms with Crippen LogP contribution in [-0.2, 0) is 4.74 Å². The molecule has 2 unspecified atom stereocenters. The Morgan fingerprint density at radius 1 is 1.52 bits per heavy atom. The van der Waals surface area contributed by atoms with E-state index in [9.17, 15) is 4.39 Å². The standard InChI is InChI=1S/C16H25FN2O2/c1-4-18-12(2)15-6-5-13(9-16(15)17)21-11-14-10-19(3)7-8-20-14/h5-6,9,12,14,18H,4,7-8,10-11H2,1-3H3. The Morgan fingerprint density at radius 2 is 2.33 bits per heavy atom. The monoisotopic (exact) mass is 296 g/mol. The summed E-state index contributed by atoms with van der Waals surface area (Å²) in [6, 6.07) is 5.06. The Labute approximate surface area is 126 Å². The summed E-state index contributed by atoms with van der Waals surface area (Å²) in [5.74, 6) is 0.319. The molecule has 5 heteroatoms. The SMILES string of the molecule is CCNC(C)c1ccc(OCC2CN(C)CCO2)cc1F. The highest BCUT2D eigenvalue weighted by Gasteiger charge is 2.18. The molecule has 2 atom stereocenters. The third-order valence-corrected chi connectivity index (χ3v) is 3.73. The van der Waals surface area contributed by atoms with Gasteiger partial charge in [-0.1, -0.05) is 13.0 Å². The second-order valence-electron chi connectivity index (χ2n) is 5.53. The minimum Gasteiger partial charge on any atom is -0.491 e. The first-order valence-corrected chi connectivity index (χ1v) is 7.56. The Balaban J connectivity index is 1.90. The minimum atomic E-state index is -0.234. The molecule has 1 saturated heterocycles. The van der Waals surface area contributed by atoms with Crippen molar-refractivity contribution in [1.82, 2.24) is 10.2 Å². The largest absolute Gasteiger partial charge is 0.491 e. The molecular formula is C16H25FN2O2. The number of likely N-dealkylation sites (N-methyl/N-ethyl adjacent to an activating group) is 1. The summed E-state index contributed by atoms with van der Waals surface area (Å²) < 4.78 is 25.4. The van der Waals surface area contributed by atoms with E-state index < -0.39 is 0 Å². The molecule has 1 aromatic carbocycles. The number of hydrogen-bond acceptors (Lipinski definition) is 4. The summed E-state index contributed by atoms with van der Waals surface area (Å²) in [5.41, 5.74) is 0.665. The molecule has 0 aromatic heterocycles. The molecule has 21 heavy (non-hydrogen) atoms. The second-order valence-corrected chi connectivity index (χ2v) is 5.53. The summed E-state index contributed by atoms with van der Waals surface area (Å²) in [6.07, 6.45) is 0.0483. The molecule has 118 valence electrons. The van der Waals surface area contributed by atoms with Gasteiger partial charge in [0.25, 0.3) is 0 Å². The van der Waals surface area contributed by atoms with Crippen LogP contribution in [0.4, 0.5) is 4.39 Å². The van der Waals surface area contributed by atoms with Crippen LogP contribution in [0.5, 0.6) is 5.75 Å². The summed E-state index contributed by atoms with van der Waals surface area (Å²) in [5, 5.41) is 3.20. The average molecular weight is 296 g/mol. The lowest BCUT2D eigenvalue weighted by Gasteiger charge is -2.29. The molecular weight excluding hydrogens is 271 g/mol. The lowest BCUT2D eigenvalue weighted by atomic mass is 10.1. The number of nitrogens with one attached hydrogen (secondary N) is 1. The van der Waals surface area contributed by atoms with Gasteiger partial charge in [0, 0.05) is 30.8 Å². The lowest BCUT2D eigenvalue weighted by Crippen LogP contribution is -2.42. The maximum Gasteiger partial charge on any atom is 0.131 e. The number of benzene rings is 1. The number of ether oxygens (including phenoxy) is 2. The number of nitrogens with zero attached hydrogens (tertiary/aromatic N) is 1. The average Bonchev–Trinajstić information content (AvgIpc) is 2.45. The van der Waals surface area contributed by atoms with E-state index in [4.69, 9.17) is 9.47 Å². The molecule has 1 aliphatic heterocycles. The van der Waals surface area contributed by atoms with Crippen molar-refractivity contribution in [2.45, 2.75) is 26.0 Å². The molecule has 0 saturated carbocycles. The molecule has 1 aliphatic rings. The highest BCUT2D eigenvalue weighted by Crippen LogP contribution is 2.22. The van der Waals surface area contributed by atoms with Crippen LogP contribution in [0.2, 0.25) is 0 Å². The van der Waals surface area contributed by atoms with Crippen LogP contribution in [-0.4, -0.2) is 50.9 Å². The maximum atomic E-state index is 14.1. The number of hydrogen-bond donors (Lipinski definition) is 1. The van der Waals surface area contributed by atoms with Crippen molar-refractivity contribution in [3.05, 3.63) is 29.6 Å².